The molecule has 1 aromatic heterocycles. The molecule has 4 rings (SSSR count). The van der Waals surface area contributed by atoms with Gasteiger partial charge in [0.15, 0.2) is 5.13 Å². The van der Waals surface area contributed by atoms with Crippen molar-refractivity contribution in [3.8, 4) is 0 Å². The van der Waals surface area contributed by atoms with E-state index in [1.54, 1.807) is 36.4 Å². The Balaban J connectivity index is 1.54. The largest absolute Gasteiger partial charge is 0.298 e. The number of hydrogen-bond donors (Lipinski definition) is 2. The van der Waals surface area contributed by atoms with Crippen LogP contribution in [0.4, 0.5) is 10.8 Å². The van der Waals surface area contributed by atoms with Crippen LogP contribution in [0.1, 0.15) is 21.5 Å². The maximum absolute atomic E-state index is 12.7. The van der Waals surface area contributed by atoms with Crippen molar-refractivity contribution in [1.29, 1.82) is 0 Å². The first-order chi connectivity index (χ1) is 14.3. The highest BCUT2D eigenvalue weighted by molar-refractivity contribution is 7.92. The van der Waals surface area contributed by atoms with Gasteiger partial charge in [-0.25, -0.2) is 13.4 Å². The number of carbonyl (C=O) groups excluding carboxylic acids is 1. The fourth-order valence-electron chi connectivity index (χ4n) is 2.94. The summed E-state index contributed by atoms with van der Waals surface area (Å²) in [7, 11) is -3.73. The molecule has 6 nitrogen and oxygen atoms in total. The minimum Gasteiger partial charge on any atom is -0.298 e. The van der Waals surface area contributed by atoms with Crippen LogP contribution in [0.25, 0.3) is 10.2 Å². The third-order valence-corrected chi connectivity index (χ3v) is 6.99. The van der Waals surface area contributed by atoms with E-state index in [1.807, 2.05) is 19.9 Å². The first kappa shape index (κ1) is 20.1. The Hall–Kier alpha value is -3.23. The molecule has 0 bridgehead atoms. The zero-order valence-electron chi connectivity index (χ0n) is 16.3. The molecule has 3 aromatic carbocycles. The highest BCUT2D eigenvalue weighted by atomic mass is 32.2. The molecule has 30 heavy (non-hydrogen) atoms. The highest BCUT2D eigenvalue weighted by Crippen LogP contribution is 2.29. The van der Waals surface area contributed by atoms with E-state index in [0.717, 1.165) is 15.8 Å². The Morgan fingerprint density at radius 2 is 1.67 bits per heavy atom. The van der Waals surface area contributed by atoms with Crippen molar-refractivity contribution in [1.82, 2.24) is 4.98 Å². The number of rotatable bonds is 5. The quantitative estimate of drug-likeness (QED) is 0.462. The predicted octanol–water partition coefficient (Wildman–Crippen LogP) is 4.97. The molecule has 0 unspecified atom stereocenters. The molecule has 0 fully saturated rings. The van der Waals surface area contributed by atoms with Crippen LogP contribution >= 0.6 is 11.3 Å². The molecule has 0 atom stereocenters. The van der Waals surface area contributed by atoms with Crippen LogP contribution in [0, 0.1) is 13.8 Å². The summed E-state index contributed by atoms with van der Waals surface area (Å²) in [6.45, 7) is 4.06. The predicted molar refractivity (Wildman–Crippen MR) is 121 cm³/mol. The Labute approximate surface area is 178 Å². The number of anilines is 2. The average Bonchev–Trinajstić information content (AvgIpc) is 3.09. The molecule has 0 radical (unpaired) electrons. The molecule has 1 heterocycles. The van der Waals surface area contributed by atoms with Gasteiger partial charge in [-0.15, -0.1) is 0 Å². The van der Waals surface area contributed by atoms with Crippen molar-refractivity contribution in [2.24, 2.45) is 0 Å². The number of benzene rings is 3. The fourth-order valence-corrected chi connectivity index (χ4v) is 4.95. The number of amides is 1. The Kier molecular flexibility index (Phi) is 5.27. The molecule has 4 aromatic rings. The van der Waals surface area contributed by atoms with E-state index in [4.69, 9.17) is 0 Å². The molecule has 152 valence electrons. The monoisotopic (exact) mass is 437 g/mol. The van der Waals surface area contributed by atoms with E-state index in [1.165, 1.54) is 35.1 Å². The van der Waals surface area contributed by atoms with Gasteiger partial charge in [-0.2, -0.15) is 0 Å². The van der Waals surface area contributed by atoms with Crippen molar-refractivity contribution in [3.05, 3.63) is 83.4 Å². The minimum absolute atomic E-state index is 0.153. The zero-order valence-corrected chi connectivity index (χ0v) is 18.0. The maximum atomic E-state index is 12.7. The van der Waals surface area contributed by atoms with Gasteiger partial charge < -0.3 is 0 Å². The second-order valence-corrected chi connectivity index (χ2v) is 9.59. The number of fused-ring (bicyclic) bond motifs is 1. The van der Waals surface area contributed by atoms with Crippen molar-refractivity contribution in [2.45, 2.75) is 18.7 Å². The molecular weight excluding hydrogens is 418 g/mol. The number of hydrogen-bond acceptors (Lipinski definition) is 5. The number of sulfonamides is 1. The lowest BCUT2D eigenvalue weighted by molar-refractivity contribution is 0.102. The number of aromatic nitrogens is 1. The highest BCUT2D eigenvalue weighted by Gasteiger charge is 2.15. The summed E-state index contributed by atoms with van der Waals surface area (Å²) in [6.07, 6.45) is 0. The molecule has 0 aliphatic heterocycles. The second kappa shape index (κ2) is 7.89. The smallest absolute Gasteiger partial charge is 0.261 e. The van der Waals surface area contributed by atoms with Gasteiger partial charge in [-0.1, -0.05) is 35.6 Å². The van der Waals surface area contributed by atoms with Crippen LogP contribution in [0.15, 0.2) is 71.6 Å². The molecule has 2 N–H and O–H groups in total. The van der Waals surface area contributed by atoms with Gasteiger partial charge in [0.2, 0.25) is 0 Å². The standard InChI is InChI=1S/C22H19N3O3S2/c1-14-11-19-20(12-15(14)2)29-22(23-19)24-21(26)16-7-6-8-17(13-16)25-30(27,28)18-9-4-3-5-10-18/h3-13,25H,1-2H3,(H,23,24,26). The molecule has 0 aliphatic carbocycles. The zero-order chi connectivity index (χ0) is 21.3. The van der Waals surface area contributed by atoms with Crippen LogP contribution in [0.5, 0.6) is 0 Å². The molecule has 0 spiro atoms. The average molecular weight is 438 g/mol. The lowest BCUT2D eigenvalue weighted by Gasteiger charge is -2.09. The summed E-state index contributed by atoms with van der Waals surface area (Å²) < 4.78 is 28.5. The van der Waals surface area contributed by atoms with Crippen molar-refractivity contribution in [3.63, 3.8) is 0 Å². The van der Waals surface area contributed by atoms with E-state index >= 15 is 0 Å². The van der Waals surface area contributed by atoms with E-state index in [2.05, 4.69) is 21.1 Å². The van der Waals surface area contributed by atoms with Crippen LogP contribution in [-0.2, 0) is 10.0 Å². The number of nitrogens with one attached hydrogen (secondary N) is 2. The Morgan fingerprint density at radius 3 is 2.43 bits per heavy atom. The lowest BCUT2D eigenvalue weighted by Crippen LogP contribution is -2.15. The third kappa shape index (κ3) is 4.19. The summed E-state index contributed by atoms with van der Waals surface area (Å²) >= 11 is 1.40. The van der Waals surface area contributed by atoms with E-state index in [0.29, 0.717) is 16.4 Å². The summed E-state index contributed by atoms with van der Waals surface area (Å²) in [6, 6.07) is 18.5. The van der Waals surface area contributed by atoms with Crippen molar-refractivity contribution < 1.29 is 13.2 Å². The first-order valence-corrected chi connectivity index (χ1v) is 11.5. The topological polar surface area (TPSA) is 88.2 Å². The van der Waals surface area contributed by atoms with Gasteiger partial charge in [-0.05, 0) is 67.4 Å². The molecule has 0 aliphatic rings. The van der Waals surface area contributed by atoms with E-state index in [9.17, 15) is 13.2 Å². The third-order valence-electron chi connectivity index (χ3n) is 4.65. The van der Waals surface area contributed by atoms with Crippen LogP contribution < -0.4 is 10.0 Å². The van der Waals surface area contributed by atoms with Gasteiger partial charge in [-0.3, -0.25) is 14.8 Å². The molecule has 1 amide bonds. The first-order valence-electron chi connectivity index (χ1n) is 9.19. The molecule has 0 saturated carbocycles. The Bertz CT molecular complexity index is 1310. The lowest BCUT2D eigenvalue weighted by atomic mass is 10.1. The minimum atomic E-state index is -3.73. The normalized spacial score (nSPS) is 11.4. The number of aryl methyl sites for hydroxylation is 2. The van der Waals surface area contributed by atoms with E-state index in [-0.39, 0.29) is 10.8 Å². The van der Waals surface area contributed by atoms with Gasteiger partial charge in [0.25, 0.3) is 15.9 Å². The fraction of sp³-hybridized carbons (Fsp3) is 0.0909. The number of carbonyl (C=O) groups is 1. The van der Waals surface area contributed by atoms with Gasteiger partial charge in [0.05, 0.1) is 15.1 Å². The van der Waals surface area contributed by atoms with Gasteiger partial charge >= 0.3 is 0 Å². The van der Waals surface area contributed by atoms with Crippen molar-refractivity contribution in [2.75, 3.05) is 10.0 Å². The van der Waals surface area contributed by atoms with Gasteiger partial charge in [0.1, 0.15) is 0 Å². The summed E-state index contributed by atoms with van der Waals surface area (Å²) in [5, 5.41) is 3.30. The maximum Gasteiger partial charge on any atom is 0.261 e. The molecule has 0 saturated heterocycles. The van der Waals surface area contributed by atoms with Crippen molar-refractivity contribution >= 4 is 48.3 Å². The van der Waals surface area contributed by atoms with Gasteiger partial charge in [0, 0.05) is 11.3 Å². The van der Waals surface area contributed by atoms with Crippen LogP contribution in [-0.4, -0.2) is 19.3 Å². The summed E-state index contributed by atoms with van der Waals surface area (Å²) in [4.78, 5) is 17.3. The molecular formula is C22H19N3O3S2. The summed E-state index contributed by atoms with van der Waals surface area (Å²) in [5.74, 6) is -0.358. The number of thiazole rings is 1. The number of nitrogens with zero attached hydrogens (tertiary/aromatic N) is 1. The van der Waals surface area contributed by atoms with E-state index < -0.39 is 10.0 Å². The summed E-state index contributed by atoms with van der Waals surface area (Å²) in [5.41, 5.74) is 3.78. The molecule has 8 heteroatoms. The van der Waals surface area contributed by atoms with Crippen LogP contribution in [0.3, 0.4) is 0 Å². The van der Waals surface area contributed by atoms with Crippen LogP contribution in [0.2, 0.25) is 0 Å². The Morgan fingerprint density at radius 1 is 0.933 bits per heavy atom. The SMILES string of the molecule is Cc1cc2nc(NC(=O)c3cccc(NS(=O)(=O)c4ccccc4)c3)sc2cc1C. The second-order valence-electron chi connectivity index (χ2n) is 6.88.